The highest BCUT2D eigenvalue weighted by Gasteiger charge is 2.13. The summed E-state index contributed by atoms with van der Waals surface area (Å²) < 4.78 is 5.60. The van der Waals surface area contributed by atoms with Crippen molar-refractivity contribution in [1.82, 2.24) is 4.90 Å². The van der Waals surface area contributed by atoms with E-state index in [0.717, 1.165) is 45.5 Å². The van der Waals surface area contributed by atoms with Gasteiger partial charge in [-0.25, -0.2) is 0 Å². The smallest absolute Gasteiger partial charge is 0.0727 e. The van der Waals surface area contributed by atoms with Crippen LogP contribution in [0.15, 0.2) is 0 Å². The highest BCUT2D eigenvalue weighted by atomic mass is 32.1. The molecule has 0 radical (unpaired) electrons. The van der Waals surface area contributed by atoms with Crippen molar-refractivity contribution in [2.45, 2.75) is 38.7 Å². The van der Waals surface area contributed by atoms with Gasteiger partial charge in [0, 0.05) is 19.7 Å². The maximum Gasteiger partial charge on any atom is 0.0727 e. The maximum atomic E-state index is 5.60. The van der Waals surface area contributed by atoms with Crippen molar-refractivity contribution in [3.8, 4) is 0 Å². The molecular weight excluding hydrogens is 208 g/mol. The van der Waals surface area contributed by atoms with Crippen LogP contribution in [0.25, 0.3) is 0 Å². The van der Waals surface area contributed by atoms with Gasteiger partial charge in [-0.15, -0.1) is 0 Å². The van der Waals surface area contributed by atoms with Gasteiger partial charge in [0.2, 0.25) is 0 Å². The molecule has 1 unspecified atom stereocenters. The fourth-order valence-corrected chi connectivity index (χ4v) is 2.06. The number of nitrogens with two attached hydrogens (primary N) is 1. The first kappa shape index (κ1) is 12.9. The average Bonchev–Trinajstić information content (AvgIpc) is 2.37. The monoisotopic (exact) mass is 230 g/mol. The fourth-order valence-electron chi connectivity index (χ4n) is 1.92. The summed E-state index contributed by atoms with van der Waals surface area (Å²) in [6.07, 6.45) is 4.71. The first-order chi connectivity index (χ1) is 7.18. The van der Waals surface area contributed by atoms with E-state index in [1.54, 1.807) is 0 Å². The number of hydrogen-bond donors (Lipinski definition) is 1. The molecule has 0 aromatic rings. The molecule has 1 heterocycles. The van der Waals surface area contributed by atoms with Crippen LogP contribution >= 0.6 is 12.2 Å². The largest absolute Gasteiger partial charge is 0.393 e. The third-order valence-electron chi connectivity index (χ3n) is 2.68. The number of unbranched alkanes of at least 4 members (excludes halogenated alkanes) is 1. The summed E-state index contributed by atoms with van der Waals surface area (Å²) in [7, 11) is 0. The van der Waals surface area contributed by atoms with Crippen molar-refractivity contribution in [3.63, 3.8) is 0 Å². The molecule has 0 aromatic heterocycles. The summed E-state index contributed by atoms with van der Waals surface area (Å²) in [5, 5.41) is 0. The summed E-state index contributed by atoms with van der Waals surface area (Å²) >= 11 is 4.85. The van der Waals surface area contributed by atoms with Crippen molar-refractivity contribution in [2.24, 2.45) is 5.73 Å². The van der Waals surface area contributed by atoms with Gasteiger partial charge < -0.3 is 15.4 Å². The van der Waals surface area contributed by atoms with Crippen LogP contribution in [0.2, 0.25) is 0 Å². The minimum absolute atomic E-state index is 0.378. The predicted molar refractivity (Wildman–Crippen MR) is 67.1 cm³/mol. The van der Waals surface area contributed by atoms with Crippen LogP contribution in [0.4, 0.5) is 0 Å². The minimum Gasteiger partial charge on any atom is -0.393 e. The molecule has 0 aliphatic carbocycles. The zero-order valence-electron chi connectivity index (χ0n) is 9.58. The molecule has 0 bridgehead atoms. The molecule has 1 aliphatic heterocycles. The van der Waals surface area contributed by atoms with E-state index in [1.807, 2.05) is 0 Å². The number of rotatable bonds is 5. The van der Waals surface area contributed by atoms with Gasteiger partial charge in [-0.05, 0) is 39.2 Å². The molecule has 15 heavy (non-hydrogen) atoms. The highest BCUT2D eigenvalue weighted by Crippen LogP contribution is 2.07. The minimum atomic E-state index is 0.378. The van der Waals surface area contributed by atoms with E-state index in [-0.39, 0.29) is 0 Å². The number of thiocarbonyl (C=S) groups is 1. The van der Waals surface area contributed by atoms with E-state index >= 15 is 0 Å². The Morgan fingerprint density at radius 3 is 3.07 bits per heavy atom. The topological polar surface area (TPSA) is 38.5 Å². The van der Waals surface area contributed by atoms with Gasteiger partial charge in [0.05, 0.1) is 11.1 Å². The Balaban J connectivity index is 2.11. The molecule has 0 saturated carbocycles. The lowest BCUT2D eigenvalue weighted by atomic mass is 10.2. The number of hydrogen-bond acceptors (Lipinski definition) is 3. The molecule has 3 nitrogen and oxygen atoms in total. The van der Waals surface area contributed by atoms with Crippen molar-refractivity contribution >= 4 is 17.2 Å². The molecule has 88 valence electrons. The second-order valence-electron chi connectivity index (χ2n) is 4.26. The molecule has 2 N–H and O–H groups in total. The summed E-state index contributed by atoms with van der Waals surface area (Å²) in [5.41, 5.74) is 5.46. The second kappa shape index (κ2) is 7.14. The van der Waals surface area contributed by atoms with Crippen molar-refractivity contribution in [2.75, 3.05) is 26.2 Å². The van der Waals surface area contributed by atoms with E-state index in [9.17, 15) is 0 Å². The van der Waals surface area contributed by atoms with Crippen LogP contribution < -0.4 is 5.73 Å². The van der Waals surface area contributed by atoms with Gasteiger partial charge in [0.1, 0.15) is 0 Å². The van der Waals surface area contributed by atoms with Crippen LogP contribution in [0, 0.1) is 0 Å². The number of nitrogens with zero attached hydrogens (tertiary/aromatic N) is 1. The van der Waals surface area contributed by atoms with Crippen LogP contribution in [0.1, 0.15) is 32.6 Å². The van der Waals surface area contributed by atoms with Crippen LogP contribution in [0.5, 0.6) is 0 Å². The van der Waals surface area contributed by atoms with Crippen LogP contribution in [0.3, 0.4) is 0 Å². The normalized spacial score (nSPS) is 23.7. The summed E-state index contributed by atoms with van der Waals surface area (Å²) in [4.78, 5) is 3.12. The first-order valence-corrected chi connectivity index (χ1v) is 6.21. The molecule has 1 fully saturated rings. The maximum absolute atomic E-state index is 5.60. The summed E-state index contributed by atoms with van der Waals surface area (Å²) in [6.45, 7) is 6.43. The molecule has 1 aliphatic rings. The van der Waals surface area contributed by atoms with E-state index in [2.05, 4.69) is 11.8 Å². The zero-order valence-corrected chi connectivity index (χ0v) is 10.4. The molecule has 1 rings (SSSR count). The van der Waals surface area contributed by atoms with Crippen molar-refractivity contribution < 1.29 is 4.74 Å². The third kappa shape index (κ3) is 6.07. The van der Waals surface area contributed by atoms with Gasteiger partial charge >= 0.3 is 0 Å². The van der Waals surface area contributed by atoms with E-state index < -0.39 is 0 Å². The average molecular weight is 230 g/mol. The Kier molecular flexibility index (Phi) is 6.13. The van der Waals surface area contributed by atoms with Gasteiger partial charge in [0.15, 0.2) is 0 Å². The first-order valence-electron chi connectivity index (χ1n) is 5.81. The lowest BCUT2D eigenvalue weighted by Gasteiger charge is -2.21. The lowest BCUT2D eigenvalue weighted by molar-refractivity contribution is 0.0676. The van der Waals surface area contributed by atoms with Gasteiger partial charge in [-0.3, -0.25) is 0 Å². The Bertz CT molecular complexity index is 199. The fraction of sp³-hybridized carbons (Fsp3) is 0.909. The SMILES string of the molecule is CC1CN(CCCCC(N)=S)CCCO1. The van der Waals surface area contributed by atoms with E-state index in [0.29, 0.717) is 11.1 Å². The van der Waals surface area contributed by atoms with Crippen LogP contribution in [-0.4, -0.2) is 42.2 Å². The van der Waals surface area contributed by atoms with Crippen molar-refractivity contribution in [3.05, 3.63) is 0 Å². The molecular formula is C11H22N2OS. The standard InChI is InChI=1S/C11H22N2OS/c1-10-9-13(7-4-8-14-10)6-3-2-5-11(12)15/h10H,2-9H2,1H3,(H2,12,15). The highest BCUT2D eigenvalue weighted by molar-refractivity contribution is 7.80. The second-order valence-corrected chi connectivity index (χ2v) is 4.78. The quantitative estimate of drug-likeness (QED) is 0.574. The Morgan fingerprint density at radius 2 is 2.33 bits per heavy atom. The Morgan fingerprint density at radius 1 is 1.53 bits per heavy atom. The Hall–Kier alpha value is -0.190. The number of ether oxygens (including phenoxy) is 1. The Labute approximate surface area is 98.0 Å². The van der Waals surface area contributed by atoms with Gasteiger partial charge in [0.25, 0.3) is 0 Å². The molecule has 0 spiro atoms. The van der Waals surface area contributed by atoms with Crippen LogP contribution in [-0.2, 0) is 4.74 Å². The van der Waals surface area contributed by atoms with Crippen molar-refractivity contribution in [1.29, 1.82) is 0 Å². The predicted octanol–water partition coefficient (Wildman–Crippen LogP) is 1.55. The zero-order chi connectivity index (χ0) is 11.1. The van der Waals surface area contributed by atoms with E-state index in [1.165, 1.54) is 6.42 Å². The van der Waals surface area contributed by atoms with Gasteiger partial charge in [-0.1, -0.05) is 12.2 Å². The molecule has 1 atom stereocenters. The molecule has 0 amide bonds. The lowest BCUT2D eigenvalue weighted by Crippen LogP contribution is -2.31. The molecule has 0 aromatic carbocycles. The molecule has 1 saturated heterocycles. The third-order valence-corrected chi connectivity index (χ3v) is 2.89. The summed E-state index contributed by atoms with van der Waals surface area (Å²) in [6, 6.07) is 0. The van der Waals surface area contributed by atoms with E-state index in [4.69, 9.17) is 22.7 Å². The van der Waals surface area contributed by atoms with Gasteiger partial charge in [-0.2, -0.15) is 0 Å². The summed E-state index contributed by atoms with van der Waals surface area (Å²) in [5.74, 6) is 0. The molecule has 4 heteroatoms.